The average Bonchev–Trinajstić information content (AvgIpc) is 2.76. The van der Waals surface area contributed by atoms with Crippen LogP contribution < -0.4 is 4.74 Å². The molecule has 3 rings (SSSR count). The van der Waals surface area contributed by atoms with Crippen LogP contribution in [-0.2, 0) is 14.3 Å². The molecular formula is C26H33NO4. The Morgan fingerprint density at radius 1 is 1.13 bits per heavy atom. The van der Waals surface area contributed by atoms with Gasteiger partial charge in [-0.25, -0.2) is 0 Å². The summed E-state index contributed by atoms with van der Waals surface area (Å²) in [5.41, 5.74) is 1.84. The fourth-order valence-electron chi connectivity index (χ4n) is 3.42. The maximum absolute atomic E-state index is 12.0. The van der Waals surface area contributed by atoms with Crippen LogP contribution in [0, 0.1) is 0 Å². The van der Waals surface area contributed by atoms with E-state index in [2.05, 4.69) is 35.2 Å². The fraction of sp³-hybridized carbons (Fsp3) is 0.423. The van der Waals surface area contributed by atoms with Gasteiger partial charge >= 0.3 is 5.97 Å². The number of ether oxygens (including phenoxy) is 3. The van der Waals surface area contributed by atoms with Gasteiger partial charge in [-0.3, -0.25) is 9.69 Å². The van der Waals surface area contributed by atoms with Crippen molar-refractivity contribution in [1.29, 1.82) is 0 Å². The molecule has 5 nitrogen and oxygen atoms in total. The van der Waals surface area contributed by atoms with Crippen molar-refractivity contribution in [3.63, 3.8) is 0 Å². The highest BCUT2D eigenvalue weighted by Gasteiger charge is 2.23. The van der Waals surface area contributed by atoms with E-state index in [-0.39, 0.29) is 12.1 Å². The fourth-order valence-corrected chi connectivity index (χ4v) is 3.42. The van der Waals surface area contributed by atoms with Crippen molar-refractivity contribution in [1.82, 2.24) is 4.90 Å². The second-order valence-electron chi connectivity index (χ2n) is 8.69. The summed E-state index contributed by atoms with van der Waals surface area (Å²) >= 11 is 0. The number of carbonyl (C=O) groups excluding carboxylic acids is 1. The van der Waals surface area contributed by atoms with E-state index in [0.29, 0.717) is 26.2 Å². The van der Waals surface area contributed by atoms with Crippen LogP contribution in [0.2, 0.25) is 0 Å². The van der Waals surface area contributed by atoms with Crippen molar-refractivity contribution in [2.75, 3.05) is 32.8 Å². The number of esters is 1. The highest BCUT2D eigenvalue weighted by molar-refractivity contribution is 5.70. The van der Waals surface area contributed by atoms with Crippen LogP contribution in [-0.4, -0.2) is 49.3 Å². The molecular weight excluding hydrogens is 390 g/mol. The lowest BCUT2D eigenvalue weighted by Crippen LogP contribution is -2.39. The molecule has 1 atom stereocenters. The van der Waals surface area contributed by atoms with E-state index in [4.69, 9.17) is 14.2 Å². The minimum absolute atomic E-state index is 0.000544. The van der Waals surface area contributed by atoms with Crippen molar-refractivity contribution < 1.29 is 19.0 Å². The van der Waals surface area contributed by atoms with E-state index in [9.17, 15) is 4.79 Å². The van der Waals surface area contributed by atoms with E-state index in [0.717, 1.165) is 30.0 Å². The summed E-state index contributed by atoms with van der Waals surface area (Å²) in [6.07, 6.45) is 4.46. The Bertz CT molecular complexity index is 840. The zero-order valence-corrected chi connectivity index (χ0v) is 18.8. The second-order valence-corrected chi connectivity index (χ2v) is 8.69. The van der Waals surface area contributed by atoms with Gasteiger partial charge in [0.1, 0.15) is 18.0 Å². The van der Waals surface area contributed by atoms with Gasteiger partial charge in [-0.15, -0.1) is 0 Å². The number of nitrogens with zero attached hydrogens (tertiary/aromatic N) is 1. The lowest BCUT2D eigenvalue weighted by molar-refractivity contribution is -0.155. The number of carbonyl (C=O) groups is 1. The van der Waals surface area contributed by atoms with E-state index in [1.54, 1.807) is 0 Å². The Hall–Kier alpha value is -2.63. The number of hydrogen-bond donors (Lipinski definition) is 0. The Labute approximate surface area is 185 Å². The van der Waals surface area contributed by atoms with E-state index in [1.165, 1.54) is 0 Å². The van der Waals surface area contributed by atoms with E-state index >= 15 is 0 Å². The topological polar surface area (TPSA) is 48.0 Å². The van der Waals surface area contributed by atoms with Crippen LogP contribution >= 0.6 is 0 Å². The highest BCUT2D eigenvalue weighted by Crippen LogP contribution is 2.24. The van der Waals surface area contributed by atoms with Gasteiger partial charge in [-0.2, -0.15) is 0 Å². The van der Waals surface area contributed by atoms with Crippen molar-refractivity contribution in [3.05, 3.63) is 71.8 Å². The summed E-state index contributed by atoms with van der Waals surface area (Å²) in [5, 5.41) is 0. The van der Waals surface area contributed by atoms with Crippen LogP contribution in [0.3, 0.4) is 0 Å². The van der Waals surface area contributed by atoms with Crippen molar-refractivity contribution in [2.45, 2.75) is 38.9 Å². The lowest BCUT2D eigenvalue weighted by Gasteiger charge is -2.33. The van der Waals surface area contributed by atoms with E-state index < -0.39 is 5.60 Å². The normalized spacial score (nSPS) is 17.6. The molecule has 1 aliphatic heterocycles. The van der Waals surface area contributed by atoms with Crippen LogP contribution in [0.5, 0.6) is 5.75 Å². The van der Waals surface area contributed by atoms with Crippen molar-refractivity contribution >= 4 is 12.0 Å². The third kappa shape index (κ3) is 8.19. The maximum atomic E-state index is 12.0. The minimum atomic E-state index is -0.439. The third-order valence-electron chi connectivity index (χ3n) is 4.91. The molecule has 1 aliphatic rings. The van der Waals surface area contributed by atoms with Crippen LogP contribution in [0.4, 0.5) is 0 Å². The smallest absolute Gasteiger partial charge is 0.307 e. The molecule has 0 amide bonds. The zero-order valence-electron chi connectivity index (χ0n) is 18.8. The van der Waals surface area contributed by atoms with Crippen molar-refractivity contribution in [3.8, 4) is 5.75 Å². The zero-order chi connectivity index (χ0) is 22.1. The lowest BCUT2D eigenvalue weighted by atomic mass is 10.1. The van der Waals surface area contributed by atoms with Gasteiger partial charge in [-0.05, 0) is 50.1 Å². The molecule has 0 bridgehead atoms. The molecule has 1 heterocycles. The molecule has 166 valence electrons. The largest absolute Gasteiger partial charge is 0.490 e. The monoisotopic (exact) mass is 423 g/mol. The van der Waals surface area contributed by atoms with Crippen LogP contribution in [0.25, 0.3) is 6.08 Å². The summed E-state index contributed by atoms with van der Waals surface area (Å²) in [6, 6.07) is 18.2. The minimum Gasteiger partial charge on any atom is -0.490 e. The van der Waals surface area contributed by atoms with E-state index in [1.807, 2.05) is 57.2 Å². The maximum Gasteiger partial charge on any atom is 0.307 e. The molecule has 2 aromatic rings. The molecule has 1 fully saturated rings. The summed E-state index contributed by atoms with van der Waals surface area (Å²) in [7, 11) is 0. The molecule has 0 aliphatic carbocycles. The average molecular weight is 424 g/mol. The summed E-state index contributed by atoms with van der Waals surface area (Å²) in [6.45, 7) is 9.13. The van der Waals surface area contributed by atoms with Gasteiger partial charge in [0.2, 0.25) is 0 Å². The van der Waals surface area contributed by atoms with Crippen molar-refractivity contribution in [2.24, 2.45) is 0 Å². The number of morpholine rings is 1. The van der Waals surface area contributed by atoms with Gasteiger partial charge in [0, 0.05) is 19.6 Å². The quantitative estimate of drug-likeness (QED) is 0.566. The van der Waals surface area contributed by atoms with Crippen LogP contribution in [0.1, 0.15) is 44.4 Å². The summed E-state index contributed by atoms with van der Waals surface area (Å²) in [5.74, 6) is 0.678. The standard InChI is InChI=1S/C26H33NO4/c1-26(2,3)31-25(28)15-16-27-17-19-30-24(20-27)22-11-13-23(14-12-22)29-18-7-10-21-8-5-4-6-9-21/h4-14,24H,15-20H2,1-3H3/b10-7+. The SMILES string of the molecule is CC(C)(C)OC(=O)CCN1CCOC(c2ccc(OC/C=C/c3ccccc3)cc2)C1. The summed E-state index contributed by atoms with van der Waals surface area (Å²) in [4.78, 5) is 14.2. The van der Waals surface area contributed by atoms with Gasteiger partial charge in [0.15, 0.2) is 0 Å². The molecule has 1 unspecified atom stereocenters. The number of hydrogen-bond acceptors (Lipinski definition) is 5. The molecule has 0 N–H and O–H groups in total. The summed E-state index contributed by atoms with van der Waals surface area (Å²) < 4.78 is 17.2. The first-order chi connectivity index (χ1) is 14.9. The molecule has 5 heteroatoms. The predicted molar refractivity (Wildman–Crippen MR) is 123 cm³/mol. The number of benzene rings is 2. The predicted octanol–water partition coefficient (Wildman–Crippen LogP) is 4.88. The first-order valence-corrected chi connectivity index (χ1v) is 10.9. The molecule has 0 aromatic heterocycles. The first kappa shape index (κ1) is 23.0. The second kappa shape index (κ2) is 11.1. The van der Waals surface area contributed by atoms with Gasteiger partial charge in [0.05, 0.1) is 19.1 Å². The van der Waals surface area contributed by atoms with Gasteiger partial charge in [-0.1, -0.05) is 48.5 Å². The van der Waals surface area contributed by atoms with Crippen LogP contribution in [0.15, 0.2) is 60.7 Å². The Morgan fingerprint density at radius 3 is 2.58 bits per heavy atom. The molecule has 31 heavy (non-hydrogen) atoms. The molecule has 2 aromatic carbocycles. The van der Waals surface area contributed by atoms with Gasteiger partial charge < -0.3 is 14.2 Å². The molecule has 0 spiro atoms. The van der Waals surface area contributed by atoms with Gasteiger partial charge in [0.25, 0.3) is 0 Å². The third-order valence-corrected chi connectivity index (χ3v) is 4.91. The molecule has 1 saturated heterocycles. The highest BCUT2D eigenvalue weighted by atomic mass is 16.6. The first-order valence-electron chi connectivity index (χ1n) is 10.9. The Kier molecular flexibility index (Phi) is 8.27. The Balaban J connectivity index is 1.44. The molecule has 0 saturated carbocycles. The number of rotatable bonds is 8. The molecule has 0 radical (unpaired) electrons. The Morgan fingerprint density at radius 2 is 1.87 bits per heavy atom.